The van der Waals surface area contributed by atoms with Gasteiger partial charge in [0.15, 0.2) is 0 Å². The van der Waals surface area contributed by atoms with Crippen molar-refractivity contribution in [2.45, 2.75) is 45.6 Å². The van der Waals surface area contributed by atoms with Gasteiger partial charge >= 0.3 is 6.09 Å². The Morgan fingerprint density at radius 3 is 1.82 bits per heavy atom. The van der Waals surface area contributed by atoms with Gasteiger partial charge in [-0.05, 0) is 42.7 Å². The van der Waals surface area contributed by atoms with Gasteiger partial charge in [0.1, 0.15) is 31.0 Å². The molecule has 3 aromatic carbocycles. The van der Waals surface area contributed by atoms with Crippen LogP contribution in [-0.4, -0.2) is 71.3 Å². The van der Waals surface area contributed by atoms with Crippen LogP contribution in [0.25, 0.3) is 0 Å². The zero-order chi connectivity index (χ0) is 35.8. The summed E-state index contributed by atoms with van der Waals surface area (Å²) in [7, 11) is 1.55. The van der Waals surface area contributed by atoms with E-state index in [-0.39, 0.29) is 19.7 Å². The van der Waals surface area contributed by atoms with Crippen molar-refractivity contribution in [2.24, 2.45) is 5.73 Å². The van der Waals surface area contributed by atoms with Crippen LogP contribution in [-0.2, 0) is 48.4 Å². The van der Waals surface area contributed by atoms with Crippen LogP contribution in [0.4, 0.5) is 4.79 Å². The van der Waals surface area contributed by atoms with Gasteiger partial charge in [0.2, 0.25) is 17.7 Å². The number of nitrogens with zero attached hydrogens (tertiary/aromatic N) is 2. The van der Waals surface area contributed by atoms with E-state index in [0.717, 1.165) is 28.8 Å². The lowest BCUT2D eigenvalue weighted by Crippen LogP contribution is -2.56. The van der Waals surface area contributed by atoms with Crippen LogP contribution in [0.15, 0.2) is 97.1 Å². The molecule has 3 rings (SSSR count). The number of alkyl carbamates (subject to hydrolysis) is 1. The fourth-order valence-corrected chi connectivity index (χ4v) is 4.27. The molecule has 0 saturated carbocycles. The Bertz CT molecular complexity index is 1620. The molecule has 0 aliphatic rings. The Balaban J connectivity index is 1.60. The third-order valence-corrected chi connectivity index (χ3v) is 6.95. The molecule has 0 aliphatic heterocycles. The molecule has 14 nitrogen and oxygen atoms in total. The first kappa shape index (κ1) is 37.3. The zero-order valence-electron chi connectivity index (χ0n) is 27.5. The summed E-state index contributed by atoms with van der Waals surface area (Å²) in [5, 5.41) is 5.41. The molecular formula is C35H40N6O8. The van der Waals surface area contributed by atoms with Gasteiger partial charge in [-0.1, -0.05) is 72.8 Å². The molecule has 49 heavy (non-hydrogen) atoms. The third-order valence-electron chi connectivity index (χ3n) is 6.95. The molecule has 14 heteroatoms. The molecular weight excluding hydrogens is 632 g/mol. The Morgan fingerprint density at radius 1 is 0.714 bits per heavy atom. The number of carbonyl (C=O) groups excluding carboxylic acids is 6. The van der Waals surface area contributed by atoms with Crippen molar-refractivity contribution in [3.05, 3.63) is 114 Å². The van der Waals surface area contributed by atoms with Crippen molar-refractivity contribution in [2.75, 3.05) is 13.7 Å². The molecule has 0 spiro atoms. The smallest absolute Gasteiger partial charge is 0.408 e. The number of methoxy groups -OCH3 is 1. The Morgan fingerprint density at radius 2 is 1.24 bits per heavy atom. The van der Waals surface area contributed by atoms with E-state index in [2.05, 4.69) is 16.1 Å². The van der Waals surface area contributed by atoms with Crippen molar-refractivity contribution < 1.29 is 38.2 Å². The predicted octanol–water partition coefficient (Wildman–Crippen LogP) is 1.94. The number of hydrogen-bond acceptors (Lipinski definition) is 8. The maximum Gasteiger partial charge on any atom is 0.408 e. The van der Waals surface area contributed by atoms with Crippen LogP contribution >= 0.6 is 0 Å². The normalized spacial score (nSPS) is 11.8. The average Bonchev–Trinajstić information content (AvgIpc) is 3.09. The van der Waals surface area contributed by atoms with Crippen molar-refractivity contribution in [1.29, 1.82) is 0 Å². The summed E-state index contributed by atoms with van der Waals surface area (Å²) in [5.41, 5.74) is 9.97. The van der Waals surface area contributed by atoms with Crippen LogP contribution in [0, 0.1) is 0 Å². The minimum absolute atomic E-state index is 0.00266. The van der Waals surface area contributed by atoms with Crippen molar-refractivity contribution in [3.63, 3.8) is 0 Å². The minimum Gasteiger partial charge on any atom is -0.497 e. The molecule has 0 bridgehead atoms. The van der Waals surface area contributed by atoms with E-state index in [1.165, 1.54) is 18.7 Å². The van der Waals surface area contributed by atoms with E-state index in [0.29, 0.717) is 10.8 Å². The summed E-state index contributed by atoms with van der Waals surface area (Å²) >= 11 is 0. The highest BCUT2D eigenvalue weighted by Crippen LogP contribution is 2.15. The lowest BCUT2D eigenvalue weighted by molar-refractivity contribution is -0.142. The number of rotatable bonds is 15. The molecule has 3 aromatic rings. The number of hydrogen-bond donors (Lipinski definition) is 4. The highest BCUT2D eigenvalue weighted by Gasteiger charge is 2.25. The summed E-state index contributed by atoms with van der Waals surface area (Å²) in [6, 6.07) is 23.1. The lowest BCUT2D eigenvalue weighted by atomic mass is 10.1. The number of amides is 6. The number of nitrogens with two attached hydrogens (primary N) is 1. The first-order chi connectivity index (χ1) is 23.4. The first-order valence-corrected chi connectivity index (χ1v) is 15.3. The van der Waals surface area contributed by atoms with Crippen LogP contribution in [0.1, 0.15) is 30.5 Å². The van der Waals surface area contributed by atoms with E-state index >= 15 is 0 Å². The van der Waals surface area contributed by atoms with Gasteiger partial charge in [-0.2, -0.15) is 0 Å². The summed E-state index contributed by atoms with van der Waals surface area (Å²) in [4.78, 5) is 77.2. The second-order valence-electron chi connectivity index (χ2n) is 10.9. The predicted molar refractivity (Wildman–Crippen MR) is 179 cm³/mol. The van der Waals surface area contributed by atoms with E-state index in [9.17, 15) is 28.8 Å². The second kappa shape index (κ2) is 18.8. The highest BCUT2D eigenvalue weighted by atomic mass is 16.5. The molecule has 0 heterocycles. The van der Waals surface area contributed by atoms with E-state index in [1.54, 1.807) is 43.5 Å². The number of benzene rings is 3. The second-order valence-corrected chi connectivity index (χ2v) is 10.9. The quantitative estimate of drug-likeness (QED) is 0.139. The summed E-state index contributed by atoms with van der Waals surface area (Å²) in [5.74, 6) is -3.30. The van der Waals surface area contributed by atoms with Crippen molar-refractivity contribution >= 4 is 35.6 Å². The van der Waals surface area contributed by atoms with Crippen LogP contribution in [0.5, 0.6) is 5.75 Å². The molecule has 2 atom stereocenters. The molecule has 0 radical (unpaired) electrons. The monoisotopic (exact) mass is 672 g/mol. The van der Waals surface area contributed by atoms with Gasteiger partial charge in [-0.15, -0.1) is 0 Å². The standard InChI is InChI=1S/C35H40N6O8/c1-24(38-35(47)49-23-28-12-8-5-9-13-28)33(45)37-25(2)34(46)39-41(22-30(36)42)32(44)19-18-31(43)40(20-26-10-6-4-7-11-26)21-27-14-16-29(48-3)17-15-27/h4-19,24-25H,20-23H2,1-3H3,(H2,36,42)(H,37,45)(H,38,47)(H,39,46)/b19-18+/t24-,25-/m0/s1. The summed E-state index contributed by atoms with van der Waals surface area (Å²) in [6.07, 6.45) is 1.10. The number of hydrazine groups is 1. The largest absolute Gasteiger partial charge is 0.497 e. The van der Waals surface area contributed by atoms with Gasteiger partial charge in [-0.25, -0.2) is 9.80 Å². The summed E-state index contributed by atoms with van der Waals surface area (Å²) < 4.78 is 10.3. The average molecular weight is 673 g/mol. The molecule has 0 aliphatic carbocycles. The fraction of sp³-hybridized carbons (Fsp3) is 0.257. The van der Waals surface area contributed by atoms with Crippen LogP contribution in [0.3, 0.4) is 0 Å². The number of nitrogens with one attached hydrogen (secondary N) is 3. The Kier molecular flexibility index (Phi) is 14.3. The molecule has 5 N–H and O–H groups in total. The molecule has 0 fully saturated rings. The maximum atomic E-state index is 13.3. The fourth-order valence-electron chi connectivity index (χ4n) is 4.27. The lowest BCUT2D eigenvalue weighted by Gasteiger charge is -2.24. The van der Waals surface area contributed by atoms with Crippen molar-refractivity contribution in [3.8, 4) is 5.75 Å². The maximum absolute atomic E-state index is 13.3. The van der Waals surface area contributed by atoms with Gasteiger partial charge < -0.3 is 30.7 Å². The van der Waals surface area contributed by atoms with E-state index < -0.39 is 54.3 Å². The molecule has 0 unspecified atom stereocenters. The molecule has 6 amide bonds. The van der Waals surface area contributed by atoms with Gasteiger partial charge in [-0.3, -0.25) is 29.4 Å². The third kappa shape index (κ3) is 12.9. The van der Waals surface area contributed by atoms with Crippen molar-refractivity contribution in [1.82, 2.24) is 26.0 Å². The van der Waals surface area contributed by atoms with E-state index in [1.807, 2.05) is 48.5 Å². The number of primary amides is 1. The SMILES string of the molecule is COc1ccc(CN(Cc2ccccc2)C(=O)/C=C/C(=O)N(CC(N)=O)NC(=O)[C@H](C)NC(=O)[C@H](C)NC(=O)OCc2ccccc2)cc1. The Labute approximate surface area is 284 Å². The minimum atomic E-state index is -1.21. The summed E-state index contributed by atoms with van der Waals surface area (Å²) in [6.45, 7) is 2.46. The molecule has 258 valence electrons. The first-order valence-electron chi connectivity index (χ1n) is 15.3. The van der Waals surface area contributed by atoms with Crippen LogP contribution in [0.2, 0.25) is 0 Å². The number of ether oxygens (including phenoxy) is 2. The molecule has 0 aromatic heterocycles. The van der Waals surface area contributed by atoms with Gasteiger partial charge in [0.05, 0.1) is 7.11 Å². The zero-order valence-corrected chi connectivity index (χ0v) is 27.5. The highest BCUT2D eigenvalue weighted by molar-refractivity contribution is 5.99. The topological polar surface area (TPSA) is 189 Å². The molecule has 0 saturated heterocycles. The Hall–Kier alpha value is -6.18. The number of carbonyl (C=O) groups is 6. The van der Waals surface area contributed by atoms with Gasteiger partial charge in [0.25, 0.3) is 11.8 Å². The van der Waals surface area contributed by atoms with Crippen LogP contribution < -0.4 is 26.5 Å². The van der Waals surface area contributed by atoms with E-state index in [4.69, 9.17) is 15.2 Å². The van der Waals surface area contributed by atoms with Gasteiger partial charge in [0, 0.05) is 25.2 Å².